The third-order valence-electron chi connectivity index (χ3n) is 2.89. The molecule has 17 heavy (non-hydrogen) atoms. The molecule has 0 atom stereocenters. The Balaban J connectivity index is 2.12. The van der Waals surface area contributed by atoms with Crippen molar-refractivity contribution in [2.45, 2.75) is 6.42 Å². The zero-order valence-corrected chi connectivity index (χ0v) is 9.87. The van der Waals surface area contributed by atoms with E-state index in [9.17, 15) is 0 Å². The summed E-state index contributed by atoms with van der Waals surface area (Å²) in [7, 11) is 0. The average molecular weight is 247 g/mol. The molecule has 86 valence electrons. The predicted octanol–water partition coefficient (Wildman–Crippen LogP) is 2.92. The first kappa shape index (κ1) is 10.4. The van der Waals surface area contributed by atoms with Crippen LogP contribution in [0, 0.1) is 0 Å². The highest BCUT2D eigenvalue weighted by molar-refractivity contribution is 6.30. The second kappa shape index (κ2) is 3.93. The Bertz CT molecular complexity index is 584. The van der Waals surface area contributed by atoms with Crippen LogP contribution in [0.15, 0.2) is 30.5 Å². The van der Waals surface area contributed by atoms with Gasteiger partial charge in [-0.1, -0.05) is 17.7 Å². The van der Waals surface area contributed by atoms with Gasteiger partial charge in [0.15, 0.2) is 0 Å². The molecule has 0 amide bonds. The minimum atomic E-state index is 0.494. The van der Waals surface area contributed by atoms with Crippen LogP contribution in [0.3, 0.4) is 0 Å². The zero-order chi connectivity index (χ0) is 11.8. The lowest BCUT2D eigenvalue weighted by atomic mass is 10.0. The minimum Gasteiger partial charge on any atom is -0.493 e. The first-order valence-corrected chi connectivity index (χ1v) is 5.79. The van der Waals surface area contributed by atoms with E-state index in [0.717, 1.165) is 29.9 Å². The highest BCUT2D eigenvalue weighted by atomic mass is 35.5. The highest BCUT2D eigenvalue weighted by Gasteiger charge is 2.14. The first-order chi connectivity index (χ1) is 8.24. The van der Waals surface area contributed by atoms with Gasteiger partial charge in [0.05, 0.1) is 11.6 Å². The van der Waals surface area contributed by atoms with Crippen LogP contribution in [-0.2, 0) is 6.42 Å². The third kappa shape index (κ3) is 1.83. The second-order valence-electron chi connectivity index (χ2n) is 4.01. The minimum absolute atomic E-state index is 0.494. The molecule has 0 saturated carbocycles. The van der Waals surface area contributed by atoms with Crippen LogP contribution in [0.2, 0.25) is 5.02 Å². The quantitative estimate of drug-likeness (QED) is 0.842. The molecule has 3 rings (SSSR count). The lowest BCUT2D eigenvalue weighted by Crippen LogP contribution is -1.94. The van der Waals surface area contributed by atoms with Crippen molar-refractivity contribution < 1.29 is 4.74 Å². The number of anilines is 1. The number of aromatic nitrogens is 1. The predicted molar refractivity (Wildman–Crippen MR) is 68.3 cm³/mol. The zero-order valence-electron chi connectivity index (χ0n) is 9.11. The van der Waals surface area contributed by atoms with E-state index in [-0.39, 0.29) is 0 Å². The van der Waals surface area contributed by atoms with E-state index in [0.29, 0.717) is 10.8 Å². The van der Waals surface area contributed by atoms with Crippen LogP contribution in [0.4, 0.5) is 5.82 Å². The molecule has 0 fully saturated rings. The van der Waals surface area contributed by atoms with Crippen molar-refractivity contribution in [1.29, 1.82) is 0 Å². The Labute approximate surface area is 104 Å². The van der Waals surface area contributed by atoms with Gasteiger partial charge < -0.3 is 10.5 Å². The Morgan fingerprint density at radius 2 is 2.18 bits per heavy atom. The van der Waals surface area contributed by atoms with E-state index < -0.39 is 0 Å². The molecule has 0 saturated heterocycles. The van der Waals surface area contributed by atoms with Crippen molar-refractivity contribution in [3.05, 3.63) is 41.0 Å². The molecule has 1 aromatic heterocycles. The van der Waals surface area contributed by atoms with Crippen LogP contribution in [0.1, 0.15) is 5.56 Å². The number of nitrogen functional groups attached to an aromatic ring is 1. The highest BCUT2D eigenvalue weighted by Crippen LogP contribution is 2.33. The lowest BCUT2D eigenvalue weighted by Gasteiger charge is -2.07. The van der Waals surface area contributed by atoms with Gasteiger partial charge >= 0.3 is 0 Å². The Morgan fingerprint density at radius 1 is 1.29 bits per heavy atom. The number of hydrogen-bond donors (Lipinski definition) is 1. The van der Waals surface area contributed by atoms with Crippen LogP contribution in [0.5, 0.6) is 5.75 Å². The van der Waals surface area contributed by atoms with Crippen LogP contribution in [-0.4, -0.2) is 11.6 Å². The van der Waals surface area contributed by atoms with Crippen LogP contribution < -0.4 is 10.5 Å². The molecule has 3 nitrogen and oxygen atoms in total. The Morgan fingerprint density at radius 3 is 3.06 bits per heavy atom. The normalized spacial score (nSPS) is 13.2. The number of nitrogens with zero attached hydrogens (tertiary/aromatic N) is 1. The van der Waals surface area contributed by atoms with Crippen molar-refractivity contribution in [2.75, 3.05) is 12.3 Å². The molecule has 0 radical (unpaired) electrons. The molecule has 2 heterocycles. The van der Waals surface area contributed by atoms with Gasteiger partial charge in [0.2, 0.25) is 0 Å². The van der Waals surface area contributed by atoms with Crippen molar-refractivity contribution in [2.24, 2.45) is 0 Å². The van der Waals surface area contributed by atoms with Gasteiger partial charge in [-0.05, 0) is 29.3 Å². The van der Waals surface area contributed by atoms with Gasteiger partial charge in [-0.3, -0.25) is 0 Å². The summed E-state index contributed by atoms with van der Waals surface area (Å²) in [6.07, 6.45) is 2.49. The molecule has 1 aromatic carbocycles. The molecular formula is C13H11ClN2O. The number of rotatable bonds is 1. The SMILES string of the molecule is Nc1ncc(Cl)cc1-c1ccc2c(c1)CCO2. The summed E-state index contributed by atoms with van der Waals surface area (Å²) in [4.78, 5) is 4.06. The average Bonchev–Trinajstić information content (AvgIpc) is 2.79. The number of pyridine rings is 1. The summed E-state index contributed by atoms with van der Waals surface area (Å²) in [5.74, 6) is 1.45. The number of fused-ring (bicyclic) bond motifs is 1. The largest absolute Gasteiger partial charge is 0.493 e. The summed E-state index contributed by atoms with van der Waals surface area (Å²) in [5.41, 5.74) is 8.97. The molecule has 1 aliphatic rings. The van der Waals surface area contributed by atoms with Crippen molar-refractivity contribution in [3.8, 4) is 16.9 Å². The Kier molecular flexibility index (Phi) is 2.41. The summed E-state index contributed by atoms with van der Waals surface area (Å²) in [6.45, 7) is 0.752. The second-order valence-corrected chi connectivity index (χ2v) is 4.44. The maximum absolute atomic E-state index is 5.94. The van der Waals surface area contributed by atoms with Gasteiger partial charge in [0.25, 0.3) is 0 Å². The fraction of sp³-hybridized carbons (Fsp3) is 0.154. The molecule has 2 aromatic rings. The fourth-order valence-corrected chi connectivity index (χ4v) is 2.19. The topological polar surface area (TPSA) is 48.1 Å². The van der Waals surface area contributed by atoms with E-state index in [4.69, 9.17) is 22.1 Å². The molecule has 0 aliphatic carbocycles. The summed E-state index contributed by atoms with van der Waals surface area (Å²) in [6, 6.07) is 7.87. The molecule has 2 N–H and O–H groups in total. The number of nitrogens with two attached hydrogens (primary N) is 1. The van der Waals surface area contributed by atoms with E-state index in [1.165, 1.54) is 5.56 Å². The molecule has 0 bridgehead atoms. The van der Waals surface area contributed by atoms with E-state index in [1.54, 1.807) is 6.20 Å². The molecule has 4 heteroatoms. The van der Waals surface area contributed by atoms with Crippen LogP contribution >= 0.6 is 11.6 Å². The standard InChI is InChI=1S/C13H11ClN2O/c14-10-6-11(13(15)16-7-10)8-1-2-12-9(5-8)3-4-17-12/h1-2,5-7H,3-4H2,(H2,15,16). The lowest BCUT2D eigenvalue weighted by molar-refractivity contribution is 0.357. The van der Waals surface area contributed by atoms with Crippen molar-refractivity contribution >= 4 is 17.4 Å². The maximum atomic E-state index is 5.94. The molecule has 1 aliphatic heterocycles. The van der Waals surface area contributed by atoms with Crippen molar-refractivity contribution in [1.82, 2.24) is 4.98 Å². The number of hydrogen-bond acceptors (Lipinski definition) is 3. The molecule has 0 spiro atoms. The number of benzene rings is 1. The molecular weight excluding hydrogens is 236 g/mol. The van der Waals surface area contributed by atoms with E-state index >= 15 is 0 Å². The number of ether oxygens (including phenoxy) is 1. The Hall–Kier alpha value is -1.74. The summed E-state index contributed by atoms with van der Waals surface area (Å²) < 4.78 is 5.47. The van der Waals surface area contributed by atoms with Crippen molar-refractivity contribution in [3.63, 3.8) is 0 Å². The maximum Gasteiger partial charge on any atom is 0.131 e. The number of halogens is 1. The van der Waals surface area contributed by atoms with Gasteiger partial charge in [0, 0.05) is 18.2 Å². The summed E-state index contributed by atoms with van der Waals surface area (Å²) in [5, 5.41) is 0.589. The fourth-order valence-electron chi connectivity index (χ4n) is 2.04. The monoisotopic (exact) mass is 246 g/mol. The third-order valence-corrected chi connectivity index (χ3v) is 3.09. The van der Waals surface area contributed by atoms with Gasteiger partial charge in [-0.25, -0.2) is 4.98 Å². The van der Waals surface area contributed by atoms with E-state index in [1.807, 2.05) is 18.2 Å². The van der Waals surface area contributed by atoms with Gasteiger partial charge in [-0.15, -0.1) is 0 Å². The van der Waals surface area contributed by atoms with Crippen LogP contribution in [0.25, 0.3) is 11.1 Å². The van der Waals surface area contributed by atoms with E-state index in [2.05, 4.69) is 11.1 Å². The van der Waals surface area contributed by atoms with Gasteiger partial charge in [-0.2, -0.15) is 0 Å². The molecule has 0 unspecified atom stereocenters. The first-order valence-electron chi connectivity index (χ1n) is 5.41. The smallest absolute Gasteiger partial charge is 0.131 e. The van der Waals surface area contributed by atoms with Gasteiger partial charge in [0.1, 0.15) is 11.6 Å². The summed E-state index contributed by atoms with van der Waals surface area (Å²) >= 11 is 5.94.